The van der Waals surface area contributed by atoms with Crippen LogP contribution in [0.3, 0.4) is 0 Å². The molecule has 1 rings (SSSR count). The van der Waals surface area contributed by atoms with E-state index in [2.05, 4.69) is 9.08 Å². The highest BCUT2D eigenvalue weighted by Gasteiger charge is 2.26. The van der Waals surface area contributed by atoms with Gasteiger partial charge in [-0.3, -0.25) is 9.45 Å². The van der Waals surface area contributed by atoms with Gasteiger partial charge in [0.1, 0.15) is 0 Å². The Morgan fingerprint density at radius 1 is 1.69 bits per heavy atom. The Bertz CT molecular complexity index is 253. The van der Waals surface area contributed by atoms with E-state index in [1.54, 1.807) is 11.8 Å². The molecule has 0 spiro atoms. The quantitative estimate of drug-likeness (QED) is 0.692. The molecule has 13 heavy (non-hydrogen) atoms. The molecule has 0 aromatic rings. The van der Waals surface area contributed by atoms with Crippen molar-refractivity contribution < 1.29 is 17.2 Å². The lowest BCUT2D eigenvalue weighted by Gasteiger charge is -2.12. The highest BCUT2D eigenvalue weighted by molar-refractivity contribution is 7.98. The summed E-state index contributed by atoms with van der Waals surface area (Å²) in [4.78, 5) is 2.08. The predicted octanol–water partition coefficient (Wildman–Crippen LogP) is 0.201. The Morgan fingerprint density at radius 2 is 2.38 bits per heavy atom. The summed E-state index contributed by atoms with van der Waals surface area (Å²) in [6.45, 7) is 1.39. The van der Waals surface area contributed by atoms with Crippen LogP contribution in [0.2, 0.25) is 0 Å². The second-order valence-electron chi connectivity index (χ2n) is 2.93. The van der Waals surface area contributed by atoms with Gasteiger partial charge in [0, 0.05) is 19.0 Å². The highest BCUT2D eigenvalue weighted by Crippen LogP contribution is 2.15. The Hall–Kier alpha value is 0.180. The first-order chi connectivity index (χ1) is 6.01. The van der Waals surface area contributed by atoms with Crippen LogP contribution < -0.4 is 0 Å². The zero-order chi connectivity index (χ0) is 9.90. The molecule has 1 saturated heterocycles. The summed E-state index contributed by atoms with van der Waals surface area (Å²) in [5.41, 5.74) is 0. The van der Waals surface area contributed by atoms with Gasteiger partial charge < -0.3 is 0 Å². The molecular weight excluding hydrogens is 214 g/mol. The fourth-order valence-electron chi connectivity index (χ4n) is 1.35. The molecule has 0 saturated carbocycles. The molecule has 7 heteroatoms. The molecule has 1 unspecified atom stereocenters. The van der Waals surface area contributed by atoms with E-state index in [0.717, 1.165) is 12.4 Å². The zero-order valence-electron chi connectivity index (χ0n) is 7.34. The molecule has 0 bridgehead atoms. The van der Waals surface area contributed by atoms with Crippen molar-refractivity contribution in [1.29, 1.82) is 0 Å². The number of nitrogens with zero attached hydrogens (tertiary/aromatic N) is 1. The van der Waals surface area contributed by atoms with Crippen LogP contribution in [0, 0.1) is 0 Å². The van der Waals surface area contributed by atoms with E-state index in [4.69, 9.17) is 4.55 Å². The minimum absolute atomic E-state index is 0.387. The Morgan fingerprint density at radius 3 is 2.92 bits per heavy atom. The normalized spacial score (nSPS) is 25.2. The van der Waals surface area contributed by atoms with E-state index in [-0.39, 0.29) is 6.10 Å². The summed E-state index contributed by atoms with van der Waals surface area (Å²) in [5, 5.41) is 0. The maximum absolute atomic E-state index is 10.4. The summed E-state index contributed by atoms with van der Waals surface area (Å²) < 4.78 is 33.6. The van der Waals surface area contributed by atoms with E-state index >= 15 is 0 Å². The summed E-state index contributed by atoms with van der Waals surface area (Å²) >= 11 is 1.68. The SMILES string of the molecule is CSCN1CCC(OS(=O)(=O)O)C1. The van der Waals surface area contributed by atoms with Crippen molar-refractivity contribution in [3.05, 3.63) is 0 Å². The Balaban J connectivity index is 2.33. The topological polar surface area (TPSA) is 66.8 Å². The van der Waals surface area contributed by atoms with Crippen molar-refractivity contribution in [2.75, 3.05) is 25.2 Å². The van der Waals surface area contributed by atoms with Crippen LogP contribution >= 0.6 is 11.8 Å². The van der Waals surface area contributed by atoms with Crippen molar-refractivity contribution in [2.45, 2.75) is 12.5 Å². The second-order valence-corrected chi connectivity index (χ2v) is 4.81. The van der Waals surface area contributed by atoms with Gasteiger partial charge in [-0.1, -0.05) is 0 Å². The molecule has 0 aromatic carbocycles. The maximum atomic E-state index is 10.4. The van der Waals surface area contributed by atoms with E-state index in [1.165, 1.54) is 0 Å². The maximum Gasteiger partial charge on any atom is 0.397 e. The smallest absolute Gasteiger partial charge is 0.291 e. The first-order valence-corrected chi connectivity index (χ1v) is 6.64. The predicted molar refractivity (Wildman–Crippen MR) is 51.0 cm³/mol. The average molecular weight is 227 g/mol. The fraction of sp³-hybridized carbons (Fsp3) is 1.00. The van der Waals surface area contributed by atoms with Gasteiger partial charge >= 0.3 is 10.4 Å². The van der Waals surface area contributed by atoms with Gasteiger partial charge in [0.2, 0.25) is 0 Å². The third-order valence-electron chi connectivity index (χ3n) is 1.80. The summed E-state index contributed by atoms with van der Waals surface area (Å²) in [6.07, 6.45) is 2.25. The van der Waals surface area contributed by atoms with Crippen molar-refractivity contribution in [2.24, 2.45) is 0 Å². The van der Waals surface area contributed by atoms with Gasteiger partial charge in [0.05, 0.1) is 6.10 Å². The molecule has 78 valence electrons. The van der Waals surface area contributed by atoms with E-state index in [0.29, 0.717) is 13.0 Å². The molecule has 0 amide bonds. The second kappa shape index (κ2) is 4.61. The van der Waals surface area contributed by atoms with Crippen LogP contribution in [0.4, 0.5) is 0 Å². The monoisotopic (exact) mass is 227 g/mol. The van der Waals surface area contributed by atoms with Gasteiger partial charge in [0.25, 0.3) is 0 Å². The molecule has 1 aliphatic heterocycles. The molecular formula is C6H13NO4S2. The van der Waals surface area contributed by atoms with E-state index in [9.17, 15) is 8.42 Å². The number of hydrogen-bond donors (Lipinski definition) is 1. The molecule has 1 aliphatic rings. The first kappa shape index (κ1) is 11.3. The number of thioether (sulfide) groups is 1. The first-order valence-electron chi connectivity index (χ1n) is 3.88. The minimum Gasteiger partial charge on any atom is -0.291 e. The third kappa shape index (κ3) is 4.28. The molecule has 0 aromatic heterocycles. The minimum atomic E-state index is -4.28. The molecule has 0 aliphatic carbocycles. The zero-order valence-corrected chi connectivity index (χ0v) is 8.97. The van der Waals surface area contributed by atoms with Crippen LogP contribution in [-0.2, 0) is 14.6 Å². The van der Waals surface area contributed by atoms with Crippen LogP contribution in [0.1, 0.15) is 6.42 Å². The molecule has 1 N–H and O–H groups in total. The molecule has 1 heterocycles. The fourth-order valence-corrected chi connectivity index (χ4v) is 2.45. The Labute approximate surface area is 82.4 Å². The van der Waals surface area contributed by atoms with Crippen molar-refractivity contribution >= 4 is 22.2 Å². The lowest BCUT2D eigenvalue weighted by molar-refractivity contribution is 0.186. The van der Waals surface area contributed by atoms with Gasteiger partial charge in [0.15, 0.2) is 0 Å². The average Bonchev–Trinajstić information content (AvgIpc) is 2.33. The molecule has 1 fully saturated rings. The molecule has 1 atom stereocenters. The number of rotatable bonds is 4. The summed E-state index contributed by atoms with van der Waals surface area (Å²) in [7, 11) is -4.28. The lowest BCUT2D eigenvalue weighted by atomic mass is 10.3. The lowest BCUT2D eigenvalue weighted by Crippen LogP contribution is -2.24. The largest absolute Gasteiger partial charge is 0.397 e. The third-order valence-corrected chi connectivity index (χ3v) is 2.94. The standard InChI is InChI=1S/C6H13NO4S2/c1-12-5-7-3-2-6(4-7)11-13(8,9)10/h6H,2-5H2,1H3,(H,8,9,10). The summed E-state index contributed by atoms with van der Waals surface area (Å²) in [6, 6.07) is 0. The number of likely N-dealkylation sites (tertiary alicyclic amines) is 1. The van der Waals surface area contributed by atoms with Crippen LogP contribution in [0.25, 0.3) is 0 Å². The van der Waals surface area contributed by atoms with Gasteiger partial charge in [-0.25, -0.2) is 4.18 Å². The van der Waals surface area contributed by atoms with Gasteiger partial charge in [-0.15, -0.1) is 11.8 Å². The van der Waals surface area contributed by atoms with Crippen molar-refractivity contribution in [1.82, 2.24) is 4.90 Å². The van der Waals surface area contributed by atoms with E-state index in [1.807, 2.05) is 6.26 Å². The summed E-state index contributed by atoms with van der Waals surface area (Å²) in [5.74, 6) is 0.866. The molecule has 0 radical (unpaired) electrons. The Kier molecular flexibility index (Phi) is 3.99. The van der Waals surface area contributed by atoms with E-state index < -0.39 is 10.4 Å². The van der Waals surface area contributed by atoms with Crippen LogP contribution in [0.5, 0.6) is 0 Å². The van der Waals surface area contributed by atoms with Crippen molar-refractivity contribution in [3.63, 3.8) is 0 Å². The van der Waals surface area contributed by atoms with Crippen molar-refractivity contribution in [3.8, 4) is 0 Å². The van der Waals surface area contributed by atoms with Gasteiger partial charge in [-0.2, -0.15) is 8.42 Å². The molecule has 5 nitrogen and oxygen atoms in total. The highest BCUT2D eigenvalue weighted by atomic mass is 32.3. The van der Waals surface area contributed by atoms with Crippen LogP contribution in [0.15, 0.2) is 0 Å². The number of hydrogen-bond acceptors (Lipinski definition) is 5. The van der Waals surface area contributed by atoms with Gasteiger partial charge in [-0.05, 0) is 12.7 Å². The van der Waals surface area contributed by atoms with Crippen LogP contribution in [-0.4, -0.2) is 49.2 Å².